The second-order valence-electron chi connectivity index (χ2n) is 5.72. The number of Topliss-reactive ketones (excluding diaryl/α,β-unsaturated/α-hetero) is 1. The number of nitrogens with zero attached hydrogens (tertiary/aromatic N) is 2. The van der Waals surface area contributed by atoms with Gasteiger partial charge in [-0.25, -0.2) is 4.39 Å². The van der Waals surface area contributed by atoms with E-state index in [-0.39, 0.29) is 17.6 Å². The minimum atomic E-state index is -0.330. The molecule has 2 heterocycles. The Bertz CT molecular complexity index is 755. The predicted octanol–water partition coefficient (Wildman–Crippen LogP) is 3.23. The number of morpholine rings is 1. The first kappa shape index (κ1) is 16.8. The summed E-state index contributed by atoms with van der Waals surface area (Å²) in [4.78, 5) is 15.1. The number of rotatable bonds is 5. The van der Waals surface area contributed by atoms with E-state index in [1.54, 1.807) is 6.07 Å². The predicted molar refractivity (Wildman–Crippen MR) is 89.4 cm³/mol. The van der Waals surface area contributed by atoms with E-state index >= 15 is 0 Å². The van der Waals surface area contributed by atoms with Crippen LogP contribution in [0.15, 0.2) is 35.7 Å². The minimum Gasteiger partial charge on any atom is -0.378 e. The zero-order valence-corrected chi connectivity index (χ0v) is 13.9. The summed E-state index contributed by atoms with van der Waals surface area (Å²) in [6, 6.07) is 9.98. The molecular formula is C18H17FN2O2S. The van der Waals surface area contributed by atoms with Crippen molar-refractivity contribution in [3.63, 3.8) is 0 Å². The van der Waals surface area contributed by atoms with E-state index in [1.807, 2.05) is 23.6 Å². The molecule has 1 aliphatic rings. The molecule has 1 fully saturated rings. The van der Waals surface area contributed by atoms with Gasteiger partial charge in [-0.2, -0.15) is 5.26 Å². The molecule has 4 nitrogen and oxygen atoms in total. The molecule has 1 unspecified atom stereocenters. The molecule has 124 valence electrons. The Morgan fingerprint density at radius 2 is 2.33 bits per heavy atom. The van der Waals surface area contributed by atoms with Crippen LogP contribution < -0.4 is 0 Å². The Hall–Kier alpha value is -2.07. The SMILES string of the molecule is N#Cc1ccc(F)c(CN2CCOCC2CC(=O)c2cccs2)c1. The molecule has 0 amide bonds. The summed E-state index contributed by atoms with van der Waals surface area (Å²) in [6.07, 6.45) is 0.347. The first-order valence-electron chi connectivity index (χ1n) is 7.74. The van der Waals surface area contributed by atoms with Gasteiger partial charge in [0, 0.05) is 31.1 Å². The fourth-order valence-corrected chi connectivity index (χ4v) is 3.50. The molecule has 0 bridgehead atoms. The van der Waals surface area contributed by atoms with Gasteiger partial charge in [-0.05, 0) is 29.6 Å². The number of nitriles is 1. The van der Waals surface area contributed by atoms with Crippen molar-refractivity contribution < 1.29 is 13.9 Å². The molecule has 24 heavy (non-hydrogen) atoms. The van der Waals surface area contributed by atoms with Crippen LogP contribution in [0.25, 0.3) is 0 Å². The molecule has 0 spiro atoms. The van der Waals surface area contributed by atoms with Gasteiger partial charge in [0.2, 0.25) is 0 Å². The largest absolute Gasteiger partial charge is 0.378 e. The third-order valence-electron chi connectivity index (χ3n) is 4.11. The van der Waals surface area contributed by atoms with E-state index in [2.05, 4.69) is 4.90 Å². The molecule has 1 saturated heterocycles. The van der Waals surface area contributed by atoms with Crippen molar-refractivity contribution in [2.24, 2.45) is 0 Å². The summed E-state index contributed by atoms with van der Waals surface area (Å²) >= 11 is 1.43. The van der Waals surface area contributed by atoms with Gasteiger partial charge in [0.25, 0.3) is 0 Å². The summed E-state index contributed by atoms with van der Waals surface area (Å²) in [5.74, 6) is -0.249. The highest BCUT2D eigenvalue weighted by Gasteiger charge is 2.27. The molecule has 0 radical (unpaired) electrons. The molecule has 2 aromatic rings. The lowest BCUT2D eigenvalue weighted by molar-refractivity contribution is -0.0129. The van der Waals surface area contributed by atoms with E-state index in [9.17, 15) is 9.18 Å². The normalized spacial score (nSPS) is 18.2. The van der Waals surface area contributed by atoms with Crippen LogP contribution in [0.5, 0.6) is 0 Å². The molecule has 0 saturated carbocycles. The van der Waals surface area contributed by atoms with E-state index < -0.39 is 0 Å². The van der Waals surface area contributed by atoms with Crippen molar-refractivity contribution in [3.05, 3.63) is 57.5 Å². The standard InChI is InChI=1S/C18H17FN2O2S/c19-16-4-3-13(10-20)8-14(16)11-21-5-6-23-12-15(21)9-17(22)18-2-1-7-24-18/h1-4,7-8,15H,5-6,9,11-12H2. The van der Waals surface area contributed by atoms with Crippen molar-refractivity contribution in [2.45, 2.75) is 19.0 Å². The number of ketones is 1. The van der Waals surface area contributed by atoms with Gasteiger partial charge >= 0.3 is 0 Å². The number of hydrogen-bond acceptors (Lipinski definition) is 5. The van der Waals surface area contributed by atoms with Gasteiger partial charge in [-0.3, -0.25) is 9.69 Å². The van der Waals surface area contributed by atoms with Crippen LogP contribution in [0.2, 0.25) is 0 Å². The maximum absolute atomic E-state index is 14.0. The molecule has 3 rings (SSSR count). The average molecular weight is 344 g/mol. The average Bonchev–Trinajstić information content (AvgIpc) is 3.13. The highest BCUT2D eigenvalue weighted by Crippen LogP contribution is 2.21. The Morgan fingerprint density at radius 3 is 3.08 bits per heavy atom. The number of thiophene rings is 1. The lowest BCUT2D eigenvalue weighted by Crippen LogP contribution is -2.46. The van der Waals surface area contributed by atoms with Gasteiger partial charge in [-0.1, -0.05) is 6.07 Å². The second-order valence-corrected chi connectivity index (χ2v) is 6.67. The molecule has 0 aliphatic carbocycles. The quantitative estimate of drug-likeness (QED) is 0.782. The van der Waals surface area contributed by atoms with Crippen molar-refractivity contribution in [1.29, 1.82) is 5.26 Å². The van der Waals surface area contributed by atoms with Crippen LogP contribution in [0, 0.1) is 17.1 Å². The fourth-order valence-electron chi connectivity index (χ4n) is 2.82. The number of ether oxygens (including phenoxy) is 1. The maximum atomic E-state index is 14.0. The Morgan fingerprint density at radius 1 is 1.46 bits per heavy atom. The summed E-state index contributed by atoms with van der Waals surface area (Å²) in [5.41, 5.74) is 0.912. The van der Waals surface area contributed by atoms with E-state index in [0.717, 1.165) is 4.88 Å². The molecule has 0 N–H and O–H groups in total. The Balaban J connectivity index is 1.73. The minimum absolute atomic E-state index is 0.0803. The van der Waals surface area contributed by atoms with Crippen LogP contribution in [0.3, 0.4) is 0 Å². The van der Waals surface area contributed by atoms with E-state index in [4.69, 9.17) is 10.00 Å². The van der Waals surface area contributed by atoms with Crippen LogP contribution >= 0.6 is 11.3 Å². The van der Waals surface area contributed by atoms with Gasteiger partial charge in [-0.15, -0.1) is 11.3 Å². The van der Waals surface area contributed by atoms with Crippen LogP contribution in [-0.2, 0) is 11.3 Å². The number of hydrogen-bond donors (Lipinski definition) is 0. The number of carbonyl (C=O) groups excluding carboxylic acids is 1. The van der Waals surface area contributed by atoms with Gasteiger partial charge in [0.1, 0.15) is 5.82 Å². The molecule has 1 aliphatic heterocycles. The van der Waals surface area contributed by atoms with Gasteiger partial charge < -0.3 is 4.74 Å². The van der Waals surface area contributed by atoms with Crippen LogP contribution in [0.4, 0.5) is 4.39 Å². The van der Waals surface area contributed by atoms with Crippen LogP contribution in [0.1, 0.15) is 27.2 Å². The first-order chi connectivity index (χ1) is 11.7. The highest BCUT2D eigenvalue weighted by molar-refractivity contribution is 7.12. The number of halogens is 1. The summed E-state index contributed by atoms with van der Waals surface area (Å²) < 4.78 is 19.5. The Kier molecular flexibility index (Phi) is 5.36. The van der Waals surface area contributed by atoms with Crippen molar-refractivity contribution in [3.8, 4) is 6.07 Å². The van der Waals surface area contributed by atoms with Crippen molar-refractivity contribution >= 4 is 17.1 Å². The highest BCUT2D eigenvalue weighted by atomic mass is 32.1. The monoisotopic (exact) mass is 344 g/mol. The number of carbonyl (C=O) groups is 1. The lowest BCUT2D eigenvalue weighted by atomic mass is 10.0. The van der Waals surface area contributed by atoms with E-state index in [1.165, 1.54) is 23.5 Å². The van der Waals surface area contributed by atoms with Gasteiger partial charge in [0.15, 0.2) is 5.78 Å². The third kappa shape index (κ3) is 3.88. The third-order valence-corrected chi connectivity index (χ3v) is 5.03. The fraction of sp³-hybridized carbons (Fsp3) is 0.333. The maximum Gasteiger partial charge on any atom is 0.174 e. The zero-order chi connectivity index (χ0) is 16.9. The molecular weight excluding hydrogens is 327 g/mol. The molecule has 1 atom stereocenters. The van der Waals surface area contributed by atoms with E-state index in [0.29, 0.717) is 43.9 Å². The van der Waals surface area contributed by atoms with Crippen LogP contribution in [-0.4, -0.2) is 36.5 Å². The topological polar surface area (TPSA) is 53.3 Å². The Labute approximate surface area is 144 Å². The smallest absolute Gasteiger partial charge is 0.174 e. The zero-order valence-electron chi connectivity index (χ0n) is 13.1. The first-order valence-corrected chi connectivity index (χ1v) is 8.62. The molecule has 1 aromatic carbocycles. The molecule has 1 aromatic heterocycles. The van der Waals surface area contributed by atoms with Crippen molar-refractivity contribution in [1.82, 2.24) is 4.90 Å². The van der Waals surface area contributed by atoms with Crippen molar-refractivity contribution in [2.75, 3.05) is 19.8 Å². The molecule has 6 heteroatoms. The summed E-state index contributed by atoms with van der Waals surface area (Å²) in [7, 11) is 0. The lowest BCUT2D eigenvalue weighted by Gasteiger charge is -2.35. The summed E-state index contributed by atoms with van der Waals surface area (Å²) in [5, 5.41) is 10.9. The van der Waals surface area contributed by atoms with Gasteiger partial charge in [0.05, 0.1) is 29.7 Å². The second kappa shape index (κ2) is 7.67. The number of benzene rings is 1. The summed E-state index contributed by atoms with van der Waals surface area (Å²) in [6.45, 7) is 2.02.